The van der Waals surface area contributed by atoms with Crippen LogP contribution in [0.1, 0.15) is 49.8 Å². The number of amides is 1. The van der Waals surface area contributed by atoms with Gasteiger partial charge in [-0.15, -0.1) is 0 Å². The van der Waals surface area contributed by atoms with Crippen molar-refractivity contribution in [2.75, 3.05) is 35.3 Å². The second-order valence-electron chi connectivity index (χ2n) is 11.8. The molecule has 1 saturated heterocycles. The number of aromatic nitrogens is 7. The first-order valence-corrected chi connectivity index (χ1v) is 15.9. The highest BCUT2D eigenvalue weighted by molar-refractivity contribution is 5.86. The fraction of sp³-hybridized carbons (Fsp3) is 0.438. The highest BCUT2D eigenvalue weighted by Gasteiger charge is 2.38. The number of halogens is 3. The van der Waals surface area contributed by atoms with E-state index in [0.717, 1.165) is 6.20 Å². The number of methoxy groups -OCH3 is 1. The molecule has 6 rings (SSSR count). The number of ether oxygens (including phenoxy) is 2. The molecular weight excluding hydrogens is 645 g/mol. The SMILES string of the molecule is COc1ncc(-c2cnc(N(C(=O)OCc3ccccn3)C3CCC(Nc4ncc(C(F)(F)F)c(N5CCC(O)CC5)n4)CC3)nc2)cn1. The molecule has 0 aromatic carbocycles. The van der Waals surface area contributed by atoms with E-state index in [1.54, 1.807) is 54.1 Å². The van der Waals surface area contributed by atoms with Crippen LogP contribution in [0.15, 0.2) is 55.4 Å². The number of hydrogen-bond acceptors (Lipinski definition) is 13. The highest BCUT2D eigenvalue weighted by atomic mass is 19.4. The maximum atomic E-state index is 13.8. The van der Waals surface area contributed by atoms with E-state index in [-0.39, 0.29) is 55.5 Å². The number of anilines is 3. The molecule has 4 aromatic rings. The van der Waals surface area contributed by atoms with Gasteiger partial charge in [0, 0.05) is 73.5 Å². The topological polar surface area (TPSA) is 164 Å². The number of carbonyl (C=O) groups excluding carboxylic acids is 1. The van der Waals surface area contributed by atoms with Gasteiger partial charge in [0.15, 0.2) is 0 Å². The Bertz CT molecular complexity index is 1680. The Kier molecular flexibility index (Phi) is 10.3. The molecule has 0 radical (unpaired) electrons. The van der Waals surface area contributed by atoms with Gasteiger partial charge in [-0.1, -0.05) is 6.07 Å². The van der Waals surface area contributed by atoms with E-state index in [1.165, 1.54) is 12.0 Å². The molecular formula is C32H35F3N10O4. The van der Waals surface area contributed by atoms with Crippen LogP contribution < -0.4 is 19.9 Å². The van der Waals surface area contributed by atoms with Crippen LogP contribution in [0, 0.1) is 0 Å². The van der Waals surface area contributed by atoms with Gasteiger partial charge in [0.2, 0.25) is 11.9 Å². The number of alkyl halides is 3. The Morgan fingerprint density at radius 2 is 1.61 bits per heavy atom. The van der Waals surface area contributed by atoms with E-state index in [0.29, 0.717) is 55.3 Å². The lowest BCUT2D eigenvalue weighted by Crippen LogP contribution is -2.45. The number of aliphatic hydroxyl groups excluding tert-OH is 1. The molecule has 5 heterocycles. The van der Waals surface area contributed by atoms with Gasteiger partial charge in [0.05, 0.1) is 18.9 Å². The van der Waals surface area contributed by atoms with Crippen molar-refractivity contribution in [3.05, 3.63) is 66.6 Å². The van der Waals surface area contributed by atoms with Crippen LogP contribution in [0.4, 0.5) is 35.7 Å². The summed E-state index contributed by atoms with van der Waals surface area (Å²) >= 11 is 0. The number of pyridine rings is 1. The zero-order valence-corrected chi connectivity index (χ0v) is 26.6. The minimum atomic E-state index is -4.63. The van der Waals surface area contributed by atoms with Crippen LogP contribution in [-0.4, -0.2) is 84.5 Å². The normalized spacial score (nSPS) is 18.5. The summed E-state index contributed by atoms with van der Waals surface area (Å²) in [6, 6.07) is 5.05. The summed E-state index contributed by atoms with van der Waals surface area (Å²) in [5, 5.41) is 13.0. The van der Waals surface area contributed by atoms with Crippen LogP contribution in [0.3, 0.4) is 0 Å². The van der Waals surface area contributed by atoms with E-state index < -0.39 is 23.9 Å². The second kappa shape index (κ2) is 14.9. The Morgan fingerprint density at radius 3 is 2.22 bits per heavy atom. The van der Waals surface area contributed by atoms with Crippen molar-refractivity contribution in [3.63, 3.8) is 0 Å². The summed E-state index contributed by atoms with van der Waals surface area (Å²) in [6.45, 7) is 0.474. The fourth-order valence-electron chi connectivity index (χ4n) is 5.87. The average Bonchev–Trinajstić information content (AvgIpc) is 3.12. The fourth-order valence-corrected chi connectivity index (χ4v) is 5.87. The van der Waals surface area contributed by atoms with Crippen molar-refractivity contribution < 1.29 is 32.5 Å². The first-order chi connectivity index (χ1) is 23.7. The van der Waals surface area contributed by atoms with Crippen molar-refractivity contribution in [1.29, 1.82) is 0 Å². The van der Waals surface area contributed by atoms with Gasteiger partial charge in [-0.3, -0.25) is 4.98 Å². The molecule has 0 spiro atoms. The van der Waals surface area contributed by atoms with E-state index in [1.807, 2.05) is 0 Å². The van der Waals surface area contributed by atoms with Crippen LogP contribution in [0.2, 0.25) is 0 Å². The van der Waals surface area contributed by atoms with E-state index >= 15 is 0 Å². The molecule has 2 aliphatic rings. The Balaban J connectivity index is 1.16. The minimum absolute atomic E-state index is 0.0437. The minimum Gasteiger partial charge on any atom is -0.467 e. The first-order valence-electron chi connectivity index (χ1n) is 15.9. The molecule has 17 heteroatoms. The van der Waals surface area contributed by atoms with E-state index in [4.69, 9.17) is 9.47 Å². The number of carbonyl (C=O) groups is 1. The molecule has 0 bridgehead atoms. The number of aliphatic hydroxyl groups is 1. The molecule has 49 heavy (non-hydrogen) atoms. The third-order valence-electron chi connectivity index (χ3n) is 8.50. The smallest absolute Gasteiger partial charge is 0.421 e. The van der Waals surface area contributed by atoms with Crippen molar-refractivity contribution >= 4 is 23.8 Å². The Hall–Kier alpha value is -5.19. The predicted molar refractivity (Wildman–Crippen MR) is 171 cm³/mol. The number of rotatable bonds is 9. The molecule has 1 saturated carbocycles. The highest BCUT2D eigenvalue weighted by Crippen LogP contribution is 2.37. The van der Waals surface area contributed by atoms with Crippen LogP contribution >= 0.6 is 0 Å². The molecule has 1 aliphatic heterocycles. The van der Waals surface area contributed by atoms with Crippen molar-refractivity contribution in [1.82, 2.24) is 34.9 Å². The quantitative estimate of drug-likeness (QED) is 0.251. The molecule has 1 amide bonds. The largest absolute Gasteiger partial charge is 0.467 e. The van der Waals surface area contributed by atoms with Gasteiger partial charge in [-0.25, -0.2) is 34.6 Å². The number of hydrogen-bond donors (Lipinski definition) is 2. The summed E-state index contributed by atoms with van der Waals surface area (Å²) < 4.78 is 52.2. The summed E-state index contributed by atoms with van der Waals surface area (Å²) in [5.41, 5.74) is 0.965. The molecule has 0 atom stereocenters. The first kappa shape index (κ1) is 33.7. The summed E-state index contributed by atoms with van der Waals surface area (Å²) in [7, 11) is 1.47. The molecule has 2 N–H and O–H groups in total. The summed E-state index contributed by atoms with van der Waals surface area (Å²) in [4.78, 5) is 46.2. The van der Waals surface area contributed by atoms with E-state index in [2.05, 4.69) is 40.2 Å². The van der Waals surface area contributed by atoms with Gasteiger partial charge in [-0.05, 0) is 50.7 Å². The zero-order valence-electron chi connectivity index (χ0n) is 26.6. The molecule has 0 unspecified atom stereocenters. The lowest BCUT2D eigenvalue weighted by atomic mass is 9.90. The number of piperidine rings is 1. The molecule has 258 valence electrons. The zero-order chi connectivity index (χ0) is 34.4. The summed E-state index contributed by atoms with van der Waals surface area (Å²) in [6.07, 6.45) is 5.80. The standard InChI is InChI=1S/C32H35F3N10O4/c1-48-30-40-16-21(17-41-30)20-14-38-29(39-15-20)45(31(47)49-19-23-4-2-3-11-36-23)24-7-5-22(6-8-24)42-28-37-18-26(32(33,34)35)27(43-28)44-12-9-25(46)10-13-44/h2-4,11,14-18,22,24-25,46H,5-10,12-13,19H2,1H3,(H,37,42,43). The van der Waals surface area contributed by atoms with Crippen LogP contribution in [0.5, 0.6) is 6.01 Å². The predicted octanol–water partition coefficient (Wildman–Crippen LogP) is 4.67. The Morgan fingerprint density at radius 1 is 0.939 bits per heavy atom. The lowest BCUT2D eigenvalue weighted by molar-refractivity contribution is -0.137. The molecule has 1 aliphatic carbocycles. The van der Waals surface area contributed by atoms with Crippen molar-refractivity contribution in [2.24, 2.45) is 0 Å². The lowest BCUT2D eigenvalue weighted by Gasteiger charge is -2.35. The molecule has 2 fully saturated rings. The van der Waals surface area contributed by atoms with Crippen LogP contribution in [-0.2, 0) is 17.5 Å². The monoisotopic (exact) mass is 680 g/mol. The van der Waals surface area contributed by atoms with Gasteiger partial charge < -0.3 is 24.8 Å². The van der Waals surface area contributed by atoms with E-state index in [9.17, 15) is 23.1 Å². The Labute approximate surface area is 279 Å². The second-order valence-corrected chi connectivity index (χ2v) is 11.8. The van der Waals surface area contributed by atoms with Gasteiger partial charge in [0.25, 0.3) is 0 Å². The average molecular weight is 681 g/mol. The van der Waals surface area contributed by atoms with Gasteiger partial charge in [-0.2, -0.15) is 18.2 Å². The van der Waals surface area contributed by atoms with Crippen LogP contribution in [0.25, 0.3) is 11.1 Å². The maximum Gasteiger partial charge on any atom is 0.421 e. The number of nitrogens with one attached hydrogen (secondary N) is 1. The van der Waals surface area contributed by atoms with Gasteiger partial charge in [0.1, 0.15) is 18.0 Å². The summed E-state index contributed by atoms with van der Waals surface area (Å²) in [5.74, 6) is 0.0443. The van der Waals surface area contributed by atoms with Crippen molar-refractivity contribution in [2.45, 2.75) is 69.5 Å². The number of nitrogens with zero attached hydrogens (tertiary/aromatic N) is 9. The molecule has 4 aromatic heterocycles. The molecule has 14 nitrogen and oxygen atoms in total. The third kappa shape index (κ3) is 8.28. The maximum absolute atomic E-state index is 13.8. The van der Waals surface area contributed by atoms with Crippen molar-refractivity contribution in [3.8, 4) is 17.1 Å². The van der Waals surface area contributed by atoms with Gasteiger partial charge >= 0.3 is 18.3 Å². The third-order valence-corrected chi connectivity index (χ3v) is 8.50.